The molecule has 3 aromatic carbocycles. The van der Waals surface area contributed by atoms with Gasteiger partial charge in [0.05, 0.1) is 6.61 Å². The summed E-state index contributed by atoms with van der Waals surface area (Å²) in [5.41, 5.74) is 5.28. The van der Waals surface area contributed by atoms with Gasteiger partial charge >= 0.3 is 12.1 Å². The summed E-state index contributed by atoms with van der Waals surface area (Å²) < 4.78 is 11.0. The van der Waals surface area contributed by atoms with E-state index < -0.39 is 36.7 Å². The van der Waals surface area contributed by atoms with Crippen molar-refractivity contribution in [2.45, 2.75) is 37.5 Å². The third kappa shape index (κ3) is 5.26. The molecule has 5 rings (SSSR count). The van der Waals surface area contributed by atoms with Gasteiger partial charge in [0.25, 0.3) is 0 Å². The highest BCUT2D eigenvalue weighted by Crippen LogP contribution is 2.44. The first-order valence-corrected chi connectivity index (χ1v) is 12.8. The SMILES string of the molecule is O=C(OCc1ccccc1)[C@H](CO)NC(=O)[C@@H]1CCCN1C(=O)OCC1c2ccccc2-c2ccccc21. The fraction of sp³-hybridized carbons (Fsp3) is 0.300. The van der Waals surface area contributed by atoms with E-state index >= 15 is 0 Å². The van der Waals surface area contributed by atoms with E-state index in [-0.39, 0.29) is 19.1 Å². The van der Waals surface area contributed by atoms with Crippen LogP contribution in [-0.2, 0) is 25.7 Å². The lowest BCUT2D eigenvalue weighted by Crippen LogP contribution is -2.52. The van der Waals surface area contributed by atoms with Gasteiger partial charge in [-0.05, 0) is 40.7 Å². The van der Waals surface area contributed by atoms with Gasteiger partial charge in [-0.15, -0.1) is 0 Å². The monoisotopic (exact) mass is 514 g/mol. The summed E-state index contributed by atoms with van der Waals surface area (Å²) in [5.74, 6) is -1.35. The van der Waals surface area contributed by atoms with Crippen LogP contribution in [0.5, 0.6) is 0 Å². The third-order valence-electron chi connectivity index (χ3n) is 7.13. The van der Waals surface area contributed by atoms with Gasteiger partial charge in [-0.2, -0.15) is 0 Å². The molecule has 0 aromatic heterocycles. The molecular weight excluding hydrogens is 484 g/mol. The summed E-state index contributed by atoms with van der Waals surface area (Å²) in [6, 6.07) is 23.3. The lowest BCUT2D eigenvalue weighted by molar-refractivity contribution is -0.150. The Morgan fingerprint density at radius 1 is 0.895 bits per heavy atom. The lowest BCUT2D eigenvalue weighted by atomic mass is 9.98. The van der Waals surface area contributed by atoms with Crippen molar-refractivity contribution in [3.8, 4) is 11.1 Å². The van der Waals surface area contributed by atoms with Crippen molar-refractivity contribution in [2.24, 2.45) is 0 Å². The van der Waals surface area contributed by atoms with Crippen LogP contribution < -0.4 is 5.32 Å². The number of amides is 2. The lowest BCUT2D eigenvalue weighted by Gasteiger charge is -2.26. The number of hydrogen-bond acceptors (Lipinski definition) is 6. The summed E-state index contributed by atoms with van der Waals surface area (Å²) >= 11 is 0. The average molecular weight is 515 g/mol. The average Bonchev–Trinajstić information content (AvgIpc) is 3.57. The molecule has 2 atom stereocenters. The molecule has 1 saturated heterocycles. The first-order chi connectivity index (χ1) is 18.6. The van der Waals surface area contributed by atoms with Crippen molar-refractivity contribution in [1.29, 1.82) is 0 Å². The summed E-state index contributed by atoms with van der Waals surface area (Å²) in [6.07, 6.45) is 0.495. The molecule has 8 nitrogen and oxygen atoms in total. The second-order valence-electron chi connectivity index (χ2n) is 9.49. The Kier molecular flexibility index (Phi) is 7.70. The van der Waals surface area contributed by atoms with E-state index in [0.717, 1.165) is 27.8 Å². The number of aliphatic hydroxyl groups is 1. The third-order valence-corrected chi connectivity index (χ3v) is 7.13. The predicted octanol–water partition coefficient (Wildman–Crippen LogP) is 3.62. The zero-order valence-electron chi connectivity index (χ0n) is 20.9. The molecule has 0 radical (unpaired) electrons. The van der Waals surface area contributed by atoms with E-state index in [9.17, 15) is 19.5 Å². The van der Waals surface area contributed by atoms with Crippen LogP contribution >= 0.6 is 0 Å². The second kappa shape index (κ2) is 11.5. The minimum Gasteiger partial charge on any atom is -0.459 e. The number of carbonyl (C=O) groups is 3. The number of rotatable bonds is 8. The largest absolute Gasteiger partial charge is 0.459 e. The molecule has 0 bridgehead atoms. The Morgan fingerprint density at radius 3 is 2.18 bits per heavy atom. The molecule has 2 amide bonds. The zero-order valence-corrected chi connectivity index (χ0v) is 20.9. The Bertz CT molecular complexity index is 1270. The molecule has 0 unspecified atom stereocenters. The second-order valence-corrected chi connectivity index (χ2v) is 9.49. The van der Waals surface area contributed by atoms with Gasteiger partial charge < -0.3 is 19.9 Å². The molecule has 0 spiro atoms. The standard InChI is InChI=1S/C30H30N2O6/c33-17-26(29(35)37-18-20-9-2-1-3-10-20)31-28(34)27-15-8-16-32(27)30(36)38-19-25-23-13-6-4-11-21(23)22-12-5-7-14-24(22)25/h1-7,9-14,25-27,33H,8,15-19H2,(H,31,34)/t26-,27-/m0/s1. The summed E-state index contributed by atoms with van der Waals surface area (Å²) in [5, 5.41) is 12.2. The Balaban J connectivity index is 1.19. The van der Waals surface area contributed by atoms with Crippen molar-refractivity contribution in [1.82, 2.24) is 10.2 Å². The molecule has 3 aromatic rings. The van der Waals surface area contributed by atoms with Gasteiger partial charge in [0.2, 0.25) is 5.91 Å². The number of ether oxygens (including phenoxy) is 2. The Morgan fingerprint density at radius 2 is 1.53 bits per heavy atom. The predicted molar refractivity (Wildman–Crippen MR) is 140 cm³/mol. The molecule has 196 valence electrons. The molecule has 1 heterocycles. The molecule has 1 aliphatic carbocycles. The van der Waals surface area contributed by atoms with Crippen molar-refractivity contribution in [3.05, 3.63) is 95.6 Å². The number of nitrogens with zero attached hydrogens (tertiary/aromatic N) is 1. The van der Waals surface area contributed by atoms with Crippen LogP contribution in [0.4, 0.5) is 4.79 Å². The number of likely N-dealkylation sites (tertiary alicyclic amines) is 1. The fourth-order valence-corrected chi connectivity index (χ4v) is 5.21. The quantitative estimate of drug-likeness (QED) is 0.445. The van der Waals surface area contributed by atoms with Crippen molar-refractivity contribution in [2.75, 3.05) is 19.8 Å². The van der Waals surface area contributed by atoms with Gasteiger partial charge in [-0.3, -0.25) is 9.69 Å². The Hall–Kier alpha value is -4.17. The van der Waals surface area contributed by atoms with Gasteiger partial charge in [0.15, 0.2) is 6.04 Å². The maximum absolute atomic E-state index is 13.1. The van der Waals surface area contributed by atoms with Crippen LogP contribution in [0.25, 0.3) is 11.1 Å². The van der Waals surface area contributed by atoms with Gasteiger partial charge in [0, 0.05) is 12.5 Å². The molecule has 8 heteroatoms. The molecule has 38 heavy (non-hydrogen) atoms. The highest BCUT2D eigenvalue weighted by atomic mass is 16.6. The van der Waals surface area contributed by atoms with Crippen LogP contribution in [0.1, 0.15) is 35.4 Å². The minimum atomic E-state index is -1.23. The van der Waals surface area contributed by atoms with Gasteiger partial charge in [0.1, 0.15) is 19.3 Å². The highest BCUT2D eigenvalue weighted by Gasteiger charge is 2.38. The Labute approximate surface area is 221 Å². The number of aliphatic hydroxyl groups excluding tert-OH is 1. The van der Waals surface area contributed by atoms with Crippen LogP contribution in [-0.4, -0.2) is 59.8 Å². The van der Waals surface area contributed by atoms with Gasteiger partial charge in [-0.1, -0.05) is 78.9 Å². The highest BCUT2D eigenvalue weighted by molar-refractivity contribution is 5.90. The normalized spacial score (nSPS) is 16.9. The van der Waals surface area contributed by atoms with Crippen molar-refractivity contribution in [3.63, 3.8) is 0 Å². The van der Waals surface area contributed by atoms with E-state index in [1.807, 2.05) is 66.7 Å². The first kappa shape index (κ1) is 25.5. The van der Waals surface area contributed by atoms with Crippen molar-refractivity contribution < 1.29 is 29.0 Å². The number of benzene rings is 3. The molecule has 1 fully saturated rings. The van der Waals surface area contributed by atoms with E-state index in [2.05, 4.69) is 17.4 Å². The summed E-state index contributed by atoms with van der Waals surface area (Å²) in [7, 11) is 0. The first-order valence-electron chi connectivity index (χ1n) is 12.8. The number of hydrogen-bond donors (Lipinski definition) is 2. The number of esters is 1. The van der Waals surface area contributed by atoms with Crippen LogP contribution in [0.2, 0.25) is 0 Å². The van der Waals surface area contributed by atoms with Crippen molar-refractivity contribution >= 4 is 18.0 Å². The number of carbonyl (C=O) groups excluding carboxylic acids is 3. The van der Waals surface area contributed by atoms with Gasteiger partial charge in [-0.25, -0.2) is 9.59 Å². The van der Waals surface area contributed by atoms with E-state index in [1.54, 1.807) is 0 Å². The smallest absolute Gasteiger partial charge is 0.410 e. The number of nitrogens with one attached hydrogen (secondary N) is 1. The minimum absolute atomic E-state index is 0.0291. The molecule has 1 aliphatic heterocycles. The zero-order chi connectivity index (χ0) is 26.5. The molecule has 0 saturated carbocycles. The van der Waals surface area contributed by atoms with E-state index in [1.165, 1.54) is 4.90 Å². The van der Waals surface area contributed by atoms with E-state index in [0.29, 0.717) is 19.4 Å². The van der Waals surface area contributed by atoms with Crippen LogP contribution in [0.15, 0.2) is 78.9 Å². The number of fused-ring (bicyclic) bond motifs is 3. The maximum Gasteiger partial charge on any atom is 0.410 e. The molecule has 2 aliphatic rings. The van der Waals surface area contributed by atoms with Crippen LogP contribution in [0, 0.1) is 0 Å². The van der Waals surface area contributed by atoms with Crippen LogP contribution in [0.3, 0.4) is 0 Å². The topological polar surface area (TPSA) is 105 Å². The summed E-state index contributed by atoms with van der Waals surface area (Å²) in [6.45, 7) is -0.0574. The molecular formula is C30H30N2O6. The summed E-state index contributed by atoms with van der Waals surface area (Å²) in [4.78, 5) is 39.9. The van der Waals surface area contributed by atoms with E-state index in [4.69, 9.17) is 9.47 Å². The maximum atomic E-state index is 13.1. The fourth-order valence-electron chi connectivity index (χ4n) is 5.21. The molecule has 2 N–H and O–H groups in total.